The van der Waals surface area contributed by atoms with Crippen LogP contribution in [-0.2, 0) is 6.42 Å². The molecule has 126 valence electrons. The van der Waals surface area contributed by atoms with E-state index >= 15 is 0 Å². The average molecular weight is 333 g/mol. The van der Waals surface area contributed by atoms with E-state index in [1.54, 1.807) is 28.0 Å². The van der Waals surface area contributed by atoms with Crippen molar-refractivity contribution in [3.8, 4) is 5.82 Å². The highest BCUT2D eigenvalue weighted by Crippen LogP contribution is 2.32. The zero-order valence-corrected chi connectivity index (χ0v) is 14.0. The Morgan fingerprint density at radius 3 is 2.96 bits per heavy atom. The molecule has 1 aliphatic rings. The zero-order chi connectivity index (χ0) is 17.2. The fourth-order valence-corrected chi connectivity index (χ4v) is 3.36. The molecule has 3 aromatic heterocycles. The first-order valence-corrected chi connectivity index (χ1v) is 8.42. The summed E-state index contributed by atoms with van der Waals surface area (Å²) in [5.41, 5.74) is 2.66. The summed E-state index contributed by atoms with van der Waals surface area (Å²) in [6.45, 7) is 0. The quantitative estimate of drug-likeness (QED) is 0.739. The molecule has 25 heavy (non-hydrogen) atoms. The fraction of sp³-hybridized carbons (Fsp3) is 0.263. The molecule has 0 bridgehead atoms. The van der Waals surface area contributed by atoms with Gasteiger partial charge in [0.2, 0.25) is 0 Å². The smallest absolute Gasteiger partial charge is 0.272 e. The third-order valence-electron chi connectivity index (χ3n) is 4.65. The van der Waals surface area contributed by atoms with Crippen LogP contribution in [0.5, 0.6) is 0 Å². The van der Waals surface area contributed by atoms with Gasteiger partial charge in [-0.05, 0) is 49.1 Å². The van der Waals surface area contributed by atoms with Crippen LogP contribution in [0.1, 0.15) is 40.6 Å². The topological polar surface area (TPSA) is 63.9 Å². The molecule has 4 rings (SSSR count). The minimum absolute atomic E-state index is 0.00684. The summed E-state index contributed by atoms with van der Waals surface area (Å²) in [4.78, 5) is 23.7. The Morgan fingerprint density at radius 1 is 1.20 bits per heavy atom. The molecule has 0 N–H and O–H groups in total. The number of carbonyl (C=O) groups excluding carboxylic acids is 1. The van der Waals surface area contributed by atoms with Crippen molar-refractivity contribution in [1.29, 1.82) is 0 Å². The molecule has 0 aliphatic heterocycles. The van der Waals surface area contributed by atoms with Gasteiger partial charge in [0.1, 0.15) is 5.69 Å². The van der Waals surface area contributed by atoms with Gasteiger partial charge in [-0.25, -0.2) is 9.67 Å². The molecule has 0 spiro atoms. The Labute approximate surface area is 146 Å². The normalized spacial score (nSPS) is 16.3. The standard InChI is InChI=1S/C19H19N5O/c1-23(16-9-2-6-14-7-4-11-20-18(14)16)19(25)15-8-3-10-17(22-15)24-13-5-12-21-24/h3-5,7-8,10-13,16H,2,6,9H2,1H3/t16-/m1/s1. The van der Waals surface area contributed by atoms with Gasteiger partial charge in [-0.2, -0.15) is 5.10 Å². The molecule has 6 nitrogen and oxygen atoms in total. The minimum atomic E-state index is -0.0995. The third-order valence-corrected chi connectivity index (χ3v) is 4.65. The third kappa shape index (κ3) is 2.91. The van der Waals surface area contributed by atoms with Crippen LogP contribution in [0.25, 0.3) is 5.82 Å². The first-order valence-electron chi connectivity index (χ1n) is 8.42. The van der Waals surface area contributed by atoms with Gasteiger partial charge in [-0.3, -0.25) is 9.78 Å². The van der Waals surface area contributed by atoms with Crippen molar-refractivity contribution >= 4 is 5.91 Å². The van der Waals surface area contributed by atoms with E-state index in [-0.39, 0.29) is 11.9 Å². The van der Waals surface area contributed by atoms with Crippen molar-refractivity contribution in [2.75, 3.05) is 7.05 Å². The predicted molar refractivity (Wildman–Crippen MR) is 93.4 cm³/mol. The number of pyridine rings is 2. The molecule has 0 saturated carbocycles. The maximum atomic E-state index is 13.0. The Balaban J connectivity index is 1.62. The number of aryl methyl sites for hydroxylation is 1. The van der Waals surface area contributed by atoms with Crippen LogP contribution in [0, 0.1) is 0 Å². The molecule has 1 aliphatic carbocycles. The van der Waals surface area contributed by atoms with Crippen LogP contribution in [0.4, 0.5) is 0 Å². The Kier molecular flexibility index (Phi) is 4.01. The van der Waals surface area contributed by atoms with E-state index in [9.17, 15) is 4.79 Å². The molecule has 0 radical (unpaired) electrons. The number of hydrogen-bond donors (Lipinski definition) is 0. The van der Waals surface area contributed by atoms with E-state index in [1.165, 1.54) is 5.56 Å². The molecule has 0 saturated heterocycles. The molecule has 1 atom stereocenters. The fourth-order valence-electron chi connectivity index (χ4n) is 3.36. The molecular weight excluding hydrogens is 314 g/mol. The van der Waals surface area contributed by atoms with Crippen molar-refractivity contribution < 1.29 is 4.79 Å². The minimum Gasteiger partial charge on any atom is -0.332 e. The van der Waals surface area contributed by atoms with Crippen LogP contribution in [0.2, 0.25) is 0 Å². The highest BCUT2D eigenvalue weighted by molar-refractivity contribution is 5.92. The summed E-state index contributed by atoms with van der Waals surface area (Å²) >= 11 is 0. The van der Waals surface area contributed by atoms with Crippen LogP contribution in [0.15, 0.2) is 55.0 Å². The van der Waals surface area contributed by atoms with Gasteiger partial charge in [0, 0.05) is 25.6 Å². The highest BCUT2D eigenvalue weighted by Gasteiger charge is 2.29. The van der Waals surface area contributed by atoms with Gasteiger partial charge in [0.05, 0.1) is 11.7 Å². The number of amides is 1. The number of rotatable bonds is 3. The van der Waals surface area contributed by atoms with E-state index in [4.69, 9.17) is 0 Å². The molecule has 3 aromatic rings. The zero-order valence-electron chi connectivity index (χ0n) is 14.0. The van der Waals surface area contributed by atoms with Crippen molar-refractivity contribution in [1.82, 2.24) is 24.6 Å². The molecular formula is C19H19N5O. The maximum Gasteiger partial charge on any atom is 0.272 e. The summed E-state index contributed by atoms with van der Waals surface area (Å²) < 4.78 is 1.65. The van der Waals surface area contributed by atoms with Crippen LogP contribution >= 0.6 is 0 Å². The average Bonchev–Trinajstić information content (AvgIpc) is 3.21. The SMILES string of the molecule is CN(C(=O)c1cccc(-n2cccn2)n1)[C@@H]1CCCc2cccnc21. The monoisotopic (exact) mass is 333 g/mol. The van der Waals surface area contributed by atoms with Crippen molar-refractivity contribution in [3.63, 3.8) is 0 Å². The van der Waals surface area contributed by atoms with E-state index in [2.05, 4.69) is 21.1 Å². The number of fused-ring (bicyclic) bond motifs is 1. The number of aromatic nitrogens is 4. The molecule has 6 heteroatoms. The molecule has 1 amide bonds. The lowest BCUT2D eigenvalue weighted by atomic mass is 9.91. The predicted octanol–water partition coefficient (Wildman–Crippen LogP) is 2.81. The summed E-state index contributed by atoms with van der Waals surface area (Å²) in [5.74, 6) is 0.531. The number of carbonyl (C=O) groups is 1. The van der Waals surface area contributed by atoms with E-state index in [1.807, 2.05) is 37.5 Å². The van der Waals surface area contributed by atoms with Crippen molar-refractivity contribution in [2.45, 2.75) is 25.3 Å². The first kappa shape index (κ1) is 15.5. The number of hydrogen-bond acceptors (Lipinski definition) is 4. The van der Waals surface area contributed by atoms with Crippen LogP contribution < -0.4 is 0 Å². The maximum absolute atomic E-state index is 13.0. The first-order chi connectivity index (χ1) is 12.2. The van der Waals surface area contributed by atoms with Gasteiger partial charge >= 0.3 is 0 Å². The van der Waals surface area contributed by atoms with Crippen molar-refractivity contribution in [3.05, 3.63) is 71.9 Å². The summed E-state index contributed by atoms with van der Waals surface area (Å²) in [6, 6.07) is 11.3. The van der Waals surface area contributed by atoms with Crippen LogP contribution in [0.3, 0.4) is 0 Å². The number of nitrogens with zero attached hydrogens (tertiary/aromatic N) is 5. The van der Waals surface area contributed by atoms with E-state index in [0.29, 0.717) is 11.5 Å². The largest absolute Gasteiger partial charge is 0.332 e. The van der Waals surface area contributed by atoms with Gasteiger partial charge < -0.3 is 4.90 Å². The van der Waals surface area contributed by atoms with E-state index < -0.39 is 0 Å². The second-order valence-electron chi connectivity index (χ2n) is 6.20. The second-order valence-corrected chi connectivity index (χ2v) is 6.20. The molecule has 0 aromatic carbocycles. The Hall–Kier alpha value is -3.02. The Morgan fingerprint density at radius 2 is 2.12 bits per heavy atom. The lowest BCUT2D eigenvalue weighted by Gasteiger charge is -2.32. The van der Waals surface area contributed by atoms with Crippen molar-refractivity contribution in [2.24, 2.45) is 0 Å². The summed E-state index contributed by atoms with van der Waals surface area (Å²) in [7, 11) is 1.83. The van der Waals surface area contributed by atoms with E-state index in [0.717, 1.165) is 25.0 Å². The lowest BCUT2D eigenvalue weighted by molar-refractivity contribution is 0.0705. The van der Waals surface area contributed by atoms with Crippen LogP contribution in [-0.4, -0.2) is 37.6 Å². The molecule has 3 heterocycles. The second kappa shape index (κ2) is 6.47. The van der Waals surface area contributed by atoms with Gasteiger partial charge in [0.25, 0.3) is 5.91 Å². The highest BCUT2D eigenvalue weighted by atomic mass is 16.2. The van der Waals surface area contributed by atoms with Gasteiger partial charge in [0.15, 0.2) is 5.82 Å². The Bertz CT molecular complexity index is 890. The lowest BCUT2D eigenvalue weighted by Crippen LogP contribution is -2.34. The van der Waals surface area contributed by atoms with Gasteiger partial charge in [-0.1, -0.05) is 12.1 Å². The summed E-state index contributed by atoms with van der Waals surface area (Å²) in [6.07, 6.45) is 8.29. The summed E-state index contributed by atoms with van der Waals surface area (Å²) in [5, 5.41) is 4.17. The molecule has 0 unspecified atom stereocenters. The van der Waals surface area contributed by atoms with Gasteiger partial charge in [-0.15, -0.1) is 0 Å². The molecule has 0 fully saturated rings.